The zero-order chi connectivity index (χ0) is 15.5. The lowest BCUT2D eigenvalue weighted by atomic mass is 10.0. The number of aliphatic hydroxyl groups is 1. The van der Waals surface area contributed by atoms with Crippen LogP contribution in [0.1, 0.15) is 52.9 Å². The molecule has 0 radical (unpaired) electrons. The maximum atomic E-state index is 12.0. The highest BCUT2D eigenvalue weighted by Crippen LogP contribution is 2.25. The summed E-state index contributed by atoms with van der Waals surface area (Å²) in [4.78, 5) is 13.8. The van der Waals surface area contributed by atoms with Gasteiger partial charge in [-0.05, 0) is 52.4 Å². The summed E-state index contributed by atoms with van der Waals surface area (Å²) in [5, 5.41) is 13.4. The van der Waals surface area contributed by atoms with E-state index < -0.39 is 5.60 Å². The molecule has 1 heterocycles. The zero-order valence-corrected chi connectivity index (χ0v) is 13.6. The summed E-state index contributed by atoms with van der Waals surface area (Å²) in [5.74, 6) is 0.411. The molecular formula is C16H30N2O3. The summed E-state index contributed by atoms with van der Waals surface area (Å²) in [6.45, 7) is 8.09. The first kappa shape index (κ1) is 16.6. The molecule has 0 spiro atoms. The van der Waals surface area contributed by atoms with Crippen LogP contribution < -0.4 is 5.32 Å². The van der Waals surface area contributed by atoms with E-state index >= 15 is 0 Å². The maximum absolute atomic E-state index is 12.0. The predicted molar refractivity (Wildman–Crippen MR) is 82.2 cm³/mol. The van der Waals surface area contributed by atoms with E-state index in [2.05, 4.69) is 5.32 Å². The monoisotopic (exact) mass is 298 g/mol. The van der Waals surface area contributed by atoms with Gasteiger partial charge < -0.3 is 20.1 Å². The van der Waals surface area contributed by atoms with E-state index in [9.17, 15) is 9.90 Å². The Labute approximate surface area is 128 Å². The summed E-state index contributed by atoms with van der Waals surface area (Å²) < 4.78 is 5.40. The molecule has 2 atom stereocenters. The highest BCUT2D eigenvalue weighted by Gasteiger charge is 2.29. The van der Waals surface area contributed by atoms with Crippen molar-refractivity contribution in [3.05, 3.63) is 0 Å². The topological polar surface area (TPSA) is 61.8 Å². The second kappa shape index (κ2) is 6.97. The fraction of sp³-hybridized carbons (Fsp3) is 0.938. The molecular weight excluding hydrogens is 268 g/mol. The highest BCUT2D eigenvalue weighted by molar-refractivity contribution is 5.68. The number of hydrogen-bond donors (Lipinski definition) is 2. The van der Waals surface area contributed by atoms with Crippen LogP contribution in [0.5, 0.6) is 0 Å². The molecule has 122 valence electrons. The average molecular weight is 298 g/mol. The molecule has 1 aliphatic carbocycles. The lowest BCUT2D eigenvalue weighted by molar-refractivity contribution is 0.0196. The molecule has 1 aliphatic heterocycles. The van der Waals surface area contributed by atoms with E-state index in [0.29, 0.717) is 12.0 Å². The molecule has 5 heteroatoms. The number of aliphatic hydroxyl groups excluding tert-OH is 1. The Morgan fingerprint density at radius 3 is 2.43 bits per heavy atom. The molecule has 2 N–H and O–H groups in total. The molecule has 1 saturated carbocycles. The Morgan fingerprint density at radius 1 is 1.24 bits per heavy atom. The molecule has 1 amide bonds. The minimum absolute atomic E-state index is 0.126. The summed E-state index contributed by atoms with van der Waals surface area (Å²) in [6.07, 6.45) is 4.81. The lowest BCUT2D eigenvalue weighted by Gasteiger charge is -2.34. The van der Waals surface area contributed by atoms with Gasteiger partial charge in [-0.3, -0.25) is 0 Å². The van der Waals surface area contributed by atoms with Crippen LogP contribution in [0.4, 0.5) is 4.79 Å². The number of rotatable bonds is 3. The number of nitrogens with one attached hydrogen (secondary N) is 1. The van der Waals surface area contributed by atoms with Crippen molar-refractivity contribution in [1.29, 1.82) is 0 Å². The van der Waals surface area contributed by atoms with Crippen molar-refractivity contribution in [2.45, 2.75) is 70.6 Å². The minimum atomic E-state index is -0.426. The van der Waals surface area contributed by atoms with Crippen molar-refractivity contribution >= 4 is 6.09 Å². The number of carbonyl (C=O) groups excluding carboxylic acids is 1. The quantitative estimate of drug-likeness (QED) is 0.838. The Hall–Kier alpha value is -0.810. The molecule has 21 heavy (non-hydrogen) atoms. The van der Waals surface area contributed by atoms with E-state index in [1.54, 1.807) is 4.90 Å². The molecule has 0 aromatic rings. The van der Waals surface area contributed by atoms with Gasteiger partial charge in [0.2, 0.25) is 0 Å². The van der Waals surface area contributed by atoms with Gasteiger partial charge in [-0.2, -0.15) is 0 Å². The van der Waals surface area contributed by atoms with Gasteiger partial charge in [0.15, 0.2) is 0 Å². The van der Waals surface area contributed by atoms with Crippen LogP contribution >= 0.6 is 0 Å². The third kappa shape index (κ3) is 5.15. The van der Waals surface area contributed by atoms with Gasteiger partial charge in [0.05, 0.1) is 6.10 Å². The van der Waals surface area contributed by atoms with Gasteiger partial charge in [0, 0.05) is 25.7 Å². The van der Waals surface area contributed by atoms with Crippen LogP contribution in [-0.2, 0) is 4.74 Å². The van der Waals surface area contributed by atoms with Crippen molar-refractivity contribution in [2.75, 3.05) is 19.6 Å². The molecule has 2 aliphatic rings. The number of nitrogens with zero attached hydrogens (tertiary/aromatic N) is 1. The van der Waals surface area contributed by atoms with Crippen molar-refractivity contribution in [3.8, 4) is 0 Å². The molecule has 2 unspecified atom stereocenters. The zero-order valence-electron chi connectivity index (χ0n) is 13.6. The molecule has 1 saturated heterocycles. The van der Waals surface area contributed by atoms with Gasteiger partial charge in [-0.25, -0.2) is 4.79 Å². The van der Waals surface area contributed by atoms with Gasteiger partial charge >= 0.3 is 6.09 Å². The number of ether oxygens (including phenoxy) is 1. The van der Waals surface area contributed by atoms with Crippen LogP contribution in [0.15, 0.2) is 0 Å². The maximum Gasteiger partial charge on any atom is 0.410 e. The first-order valence-electron chi connectivity index (χ1n) is 8.24. The number of piperidine rings is 1. The van der Waals surface area contributed by atoms with Gasteiger partial charge in [0.1, 0.15) is 5.60 Å². The molecule has 0 bridgehead atoms. The van der Waals surface area contributed by atoms with E-state index in [0.717, 1.165) is 51.7 Å². The number of carbonyl (C=O) groups is 1. The Kier molecular flexibility index (Phi) is 5.49. The molecule has 0 aromatic heterocycles. The summed E-state index contributed by atoms with van der Waals surface area (Å²) >= 11 is 0. The second-order valence-corrected chi connectivity index (χ2v) is 7.41. The van der Waals surface area contributed by atoms with Crippen molar-refractivity contribution in [3.63, 3.8) is 0 Å². The van der Waals surface area contributed by atoms with Crippen LogP contribution in [0.3, 0.4) is 0 Å². The van der Waals surface area contributed by atoms with Gasteiger partial charge in [-0.1, -0.05) is 6.42 Å². The molecule has 2 fully saturated rings. The second-order valence-electron chi connectivity index (χ2n) is 7.41. The highest BCUT2D eigenvalue weighted by atomic mass is 16.6. The van der Waals surface area contributed by atoms with Crippen molar-refractivity contribution in [2.24, 2.45) is 5.92 Å². The summed E-state index contributed by atoms with van der Waals surface area (Å²) in [6, 6.07) is 0.455. The Morgan fingerprint density at radius 2 is 1.90 bits per heavy atom. The summed E-state index contributed by atoms with van der Waals surface area (Å²) in [7, 11) is 0. The van der Waals surface area contributed by atoms with E-state index in [-0.39, 0.29) is 12.2 Å². The first-order valence-corrected chi connectivity index (χ1v) is 8.24. The lowest BCUT2D eigenvalue weighted by Crippen LogP contribution is -2.47. The number of hydrogen-bond acceptors (Lipinski definition) is 4. The van der Waals surface area contributed by atoms with Crippen LogP contribution in [-0.4, -0.2) is 53.5 Å². The average Bonchev–Trinajstić information content (AvgIpc) is 2.80. The minimum Gasteiger partial charge on any atom is -0.444 e. The molecule has 5 nitrogen and oxygen atoms in total. The SMILES string of the molecule is CC(C)(C)OC(=O)N1CCC(NCC2CCCC2O)CC1. The third-order valence-electron chi connectivity index (χ3n) is 4.43. The fourth-order valence-electron chi connectivity index (χ4n) is 3.17. The number of likely N-dealkylation sites (tertiary alicyclic amines) is 1. The molecule has 2 rings (SSSR count). The van der Waals surface area contributed by atoms with Gasteiger partial charge in [-0.15, -0.1) is 0 Å². The standard InChI is InChI=1S/C16H30N2O3/c1-16(2,3)21-15(20)18-9-7-13(8-10-18)17-11-12-5-4-6-14(12)19/h12-14,17,19H,4-11H2,1-3H3. The molecule has 0 aromatic carbocycles. The smallest absolute Gasteiger partial charge is 0.410 e. The number of amides is 1. The Bertz CT molecular complexity index is 346. The first-order chi connectivity index (χ1) is 9.85. The fourth-order valence-corrected chi connectivity index (χ4v) is 3.17. The normalized spacial score (nSPS) is 27.9. The largest absolute Gasteiger partial charge is 0.444 e. The third-order valence-corrected chi connectivity index (χ3v) is 4.43. The van der Waals surface area contributed by atoms with Gasteiger partial charge in [0.25, 0.3) is 0 Å². The van der Waals surface area contributed by atoms with E-state index in [1.807, 2.05) is 20.8 Å². The Balaban J connectivity index is 1.67. The van der Waals surface area contributed by atoms with E-state index in [1.165, 1.54) is 0 Å². The van der Waals surface area contributed by atoms with E-state index in [4.69, 9.17) is 4.74 Å². The summed E-state index contributed by atoms with van der Waals surface area (Å²) in [5.41, 5.74) is -0.426. The van der Waals surface area contributed by atoms with Crippen molar-refractivity contribution < 1.29 is 14.6 Å². The van der Waals surface area contributed by atoms with Crippen LogP contribution in [0.25, 0.3) is 0 Å². The predicted octanol–water partition coefficient (Wildman–Crippen LogP) is 2.14. The van der Waals surface area contributed by atoms with Crippen LogP contribution in [0, 0.1) is 5.92 Å². The van der Waals surface area contributed by atoms with Crippen molar-refractivity contribution in [1.82, 2.24) is 10.2 Å². The van der Waals surface area contributed by atoms with Crippen LogP contribution in [0.2, 0.25) is 0 Å².